The molecule has 2 aliphatic heterocycles. The van der Waals surface area contributed by atoms with E-state index in [1.165, 1.54) is 10.9 Å². The Balaban J connectivity index is 0.00000231. The van der Waals surface area contributed by atoms with E-state index in [0.717, 1.165) is 44.7 Å². The van der Waals surface area contributed by atoms with E-state index < -0.39 is 6.10 Å². The Morgan fingerprint density at radius 3 is 2.45 bits per heavy atom. The molecule has 3 heterocycles. The number of para-hydroxylation sites is 2. The topological polar surface area (TPSA) is 37.7 Å². The van der Waals surface area contributed by atoms with Crippen molar-refractivity contribution in [3.05, 3.63) is 66.9 Å². The molecule has 2 saturated heterocycles. The number of rotatable bonds is 4. The summed E-state index contributed by atoms with van der Waals surface area (Å²) in [6.07, 6.45) is 3.71. The molecule has 0 radical (unpaired) electrons. The van der Waals surface area contributed by atoms with Crippen molar-refractivity contribution in [1.29, 1.82) is 0 Å². The van der Waals surface area contributed by atoms with Crippen molar-refractivity contribution in [1.82, 2.24) is 9.47 Å². The van der Waals surface area contributed by atoms with Crippen LogP contribution >= 0.6 is 12.4 Å². The minimum absolute atomic E-state index is 0. The quantitative estimate of drug-likeness (QED) is 0.606. The molecule has 5 rings (SSSR count). The number of hydrogen-bond donors (Lipinski definition) is 0. The fraction of sp³-hybridized carbons (Fsp3) is 0.400. The molecule has 2 aliphatic rings. The number of benzene rings is 2. The minimum Gasteiger partial charge on any atom is -0.360 e. The third kappa shape index (κ3) is 4.36. The highest BCUT2D eigenvalue weighted by atomic mass is 35.5. The van der Waals surface area contributed by atoms with E-state index in [4.69, 9.17) is 4.74 Å². The van der Waals surface area contributed by atoms with Gasteiger partial charge in [-0.1, -0.05) is 36.4 Å². The first kappa shape index (κ1) is 21.9. The van der Waals surface area contributed by atoms with Crippen molar-refractivity contribution >= 4 is 34.9 Å². The predicted octanol–water partition coefficient (Wildman–Crippen LogP) is 4.35. The fourth-order valence-electron chi connectivity index (χ4n) is 4.92. The molecule has 2 aromatic carbocycles. The number of ether oxygens (including phenoxy) is 1. The zero-order valence-corrected chi connectivity index (χ0v) is 18.8. The van der Waals surface area contributed by atoms with Gasteiger partial charge < -0.3 is 19.1 Å². The summed E-state index contributed by atoms with van der Waals surface area (Å²) in [6, 6.07) is 20.7. The van der Waals surface area contributed by atoms with Gasteiger partial charge in [-0.15, -0.1) is 12.4 Å². The highest BCUT2D eigenvalue weighted by Crippen LogP contribution is 2.35. The number of likely N-dealkylation sites (tertiary alicyclic amines) is 1. The Bertz CT molecular complexity index is 1030. The fourth-order valence-corrected chi connectivity index (χ4v) is 4.92. The van der Waals surface area contributed by atoms with E-state index in [9.17, 15) is 4.79 Å². The second-order valence-corrected chi connectivity index (χ2v) is 8.61. The van der Waals surface area contributed by atoms with Crippen LogP contribution in [0.15, 0.2) is 66.9 Å². The molecular weight excluding hydrogens is 410 g/mol. The lowest BCUT2D eigenvalue weighted by Crippen LogP contribution is -2.61. The number of halogens is 1. The lowest BCUT2D eigenvalue weighted by atomic mass is 9.88. The van der Waals surface area contributed by atoms with Crippen molar-refractivity contribution in [2.75, 3.05) is 31.1 Å². The molecule has 0 aliphatic carbocycles. The third-order valence-corrected chi connectivity index (χ3v) is 6.66. The van der Waals surface area contributed by atoms with E-state index in [-0.39, 0.29) is 23.9 Å². The summed E-state index contributed by atoms with van der Waals surface area (Å²) in [5.74, 6) is 0.0636. The number of anilines is 1. The van der Waals surface area contributed by atoms with Crippen molar-refractivity contribution < 1.29 is 9.53 Å². The molecule has 6 heteroatoms. The second-order valence-electron chi connectivity index (χ2n) is 8.61. The van der Waals surface area contributed by atoms with Gasteiger partial charge in [0.05, 0.1) is 12.1 Å². The number of piperidine rings is 1. The van der Waals surface area contributed by atoms with Crippen LogP contribution in [0, 0.1) is 0 Å². The number of amides is 1. The number of nitrogens with zero attached hydrogens (tertiary/aromatic N) is 3. The molecule has 1 spiro atoms. The van der Waals surface area contributed by atoms with Gasteiger partial charge in [-0.2, -0.15) is 0 Å². The molecule has 1 amide bonds. The summed E-state index contributed by atoms with van der Waals surface area (Å²) in [5, 5.41) is 1.30. The molecule has 5 nitrogen and oxygen atoms in total. The molecule has 0 N–H and O–H groups in total. The standard InChI is InChI=1S/C25H29N3O2.ClH/c1-20-24(29)28(22-8-3-2-4-9-22)19-25(30-20)12-15-26(16-13-25)17-18-27-14-11-21-7-5-6-10-23(21)27;/h2-11,14,20H,12-13,15-19H2,1H3;1H. The van der Waals surface area contributed by atoms with Crippen LogP contribution in [0.5, 0.6) is 0 Å². The number of aromatic nitrogens is 1. The molecule has 164 valence electrons. The maximum atomic E-state index is 12.7. The van der Waals surface area contributed by atoms with Crippen molar-refractivity contribution in [3.8, 4) is 0 Å². The summed E-state index contributed by atoms with van der Waals surface area (Å²) in [6.45, 7) is 6.57. The van der Waals surface area contributed by atoms with Crippen LogP contribution < -0.4 is 4.90 Å². The molecule has 1 unspecified atom stereocenters. The van der Waals surface area contributed by atoms with E-state index in [1.807, 2.05) is 42.2 Å². The molecule has 1 aromatic heterocycles. The summed E-state index contributed by atoms with van der Waals surface area (Å²) >= 11 is 0. The van der Waals surface area contributed by atoms with E-state index in [2.05, 4.69) is 46.0 Å². The second kappa shape index (κ2) is 9.03. The van der Waals surface area contributed by atoms with Crippen LogP contribution in [-0.2, 0) is 16.1 Å². The van der Waals surface area contributed by atoms with Gasteiger partial charge in [-0.05, 0) is 49.4 Å². The first-order valence-electron chi connectivity index (χ1n) is 10.9. The summed E-state index contributed by atoms with van der Waals surface area (Å²) < 4.78 is 8.65. The van der Waals surface area contributed by atoms with Gasteiger partial charge in [0.2, 0.25) is 0 Å². The normalized spacial score (nSPS) is 21.4. The minimum atomic E-state index is -0.392. The first-order chi connectivity index (χ1) is 14.6. The molecule has 2 fully saturated rings. The van der Waals surface area contributed by atoms with Crippen molar-refractivity contribution in [2.24, 2.45) is 0 Å². The smallest absolute Gasteiger partial charge is 0.255 e. The van der Waals surface area contributed by atoms with Crippen LogP contribution in [0.1, 0.15) is 19.8 Å². The molecule has 3 aromatic rings. The highest BCUT2D eigenvalue weighted by molar-refractivity contribution is 5.97. The van der Waals surface area contributed by atoms with E-state index in [1.54, 1.807) is 0 Å². The zero-order valence-electron chi connectivity index (χ0n) is 17.9. The molecule has 31 heavy (non-hydrogen) atoms. The van der Waals surface area contributed by atoms with Crippen LogP contribution in [0.4, 0.5) is 5.69 Å². The molecular formula is C25H30ClN3O2. The zero-order chi connectivity index (χ0) is 20.6. The lowest BCUT2D eigenvalue weighted by molar-refractivity contribution is -0.161. The summed E-state index contributed by atoms with van der Waals surface area (Å²) in [4.78, 5) is 17.2. The summed E-state index contributed by atoms with van der Waals surface area (Å²) in [5.41, 5.74) is 2.03. The molecule has 0 saturated carbocycles. The van der Waals surface area contributed by atoms with Crippen molar-refractivity contribution in [2.45, 2.75) is 38.0 Å². The van der Waals surface area contributed by atoms with E-state index >= 15 is 0 Å². The number of fused-ring (bicyclic) bond motifs is 1. The Morgan fingerprint density at radius 1 is 0.968 bits per heavy atom. The monoisotopic (exact) mass is 439 g/mol. The summed E-state index contributed by atoms with van der Waals surface area (Å²) in [7, 11) is 0. The Labute approximate surface area is 190 Å². The van der Waals surface area contributed by atoms with Gasteiger partial charge in [-0.3, -0.25) is 4.79 Å². The maximum Gasteiger partial charge on any atom is 0.255 e. The predicted molar refractivity (Wildman–Crippen MR) is 127 cm³/mol. The Kier molecular flexibility index (Phi) is 6.37. The number of hydrogen-bond acceptors (Lipinski definition) is 3. The highest BCUT2D eigenvalue weighted by Gasteiger charge is 2.45. The molecule has 1 atom stereocenters. The average molecular weight is 440 g/mol. The number of carbonyl (C=O) groups is 1. The van der Waals surface area contributed by atoms with Crippen molar-refractivity contribution in [3.63, 3.8) is 0 Å². The SMILES string of the molecule is CC1OC2(CCN(CCn3ccc4ccccc43)CC2)CN(c2ccccc2)C1=O.Cl. The van der Waals surface area contributed by atoms with Gasteiger partial charge in [-0.25, -0.2) is 0 Å². The number of carbonyl (C=O) groups excluding carboxylic acids is 1. The average Bonchev–Trinajstić information content (AvgIpc) is 3.20. The van der Waals surface area contributed by atoms with Gasteiger partial charge in [0.15, 0.2) is 0 Å². The lowest BCUT2D eigenvalue weighted by Gasteiger charge is -2.49. The van der Waals surface area contributed by atoms with Crippen LogP contribution in [-0.4, -0.2) is 53.3 Å². The van der Waals surface area contributed by atoms with Gasteiger partial charge in [0.1, 0.15) is 6.10 Å². The Morgan fingerprint density at radius 2 is 1.68 bits per heavy atom. The van der Waals surface area contributed by atoms with Crippen LogP contribution in [0.25, 0.3) is 10.9 Å². The largest absolute Gasteiger partial charge is 0.360 e. The van der Waals surface area contributed by atoms with Crippen LogP contribution in [0.2, 0.25) is 0 Å². The maximum absolute atomic E-state index is 12.7. The van der Waals surface area contributed by atoms with E-state index in [0.29, 0.717) is 6.54 Å². The Hall–Kier alpha value is -2.34. The molecule has 0 bridgehead atoms. The van der Waals surface area contributed by atoms with Gasteiger partial charge >= 0.3 is 0 Å². The number of morpholine rings is 1. The first-order valence-corrected chi connectivity index (χ1v) is 10.9. The van der Waals surface area contributed by atoms with Crippen LogP contribution in [0.3, 0.4) is 0 Å². The van der Waals surface area contributed by atoms with Gasteiger partial charge in [0.25, 0.3) is 5.91 Å². The third-order valence-electron chi connectivity index (χ3n) is 6.66. The van der Waals surface area contributed by atoms with Gasteiger partial charge in [0, 0.05) is 43.6 Å².